The van der Waals surface area contributed by atoms with Gasteiger partial charge in [-0.05, 0) is 6.42 Å². The fourth-order valence-corrected chi connectivity index (χ4v) is 3.76. The smallest absolute Gasteiger partial charge is 0.229 e. The van der Waals surface area contributed by atoms with Crippen LogP contribution < -0.4 is 4.74 Å². The molecule has 2 aliphatic rings. The first kappa shape index (κ1) is 27.5. The Bertz CT molecular complexity index is 894. The van der Waals surface area contributed by atoms with Gasteiger partial charge >= 0.3 is 0 Å². The maximum absolute atomic E-state index is 12.8. The third kappa shape index (κ3) is 5.53. The van der Waals surface area contributed by atoms with Gasteiger partial charge < -0.3 is 59.8 Å². The SMILES string of the molecule is CCC(C)C(=O)c1c(O)cc(O)cc1OC1OC(COC2OCC(O)(CO)C2O)C(O)C(O)C1O. The summed E-state index contributed by atoms with van der Waals surface area (Å²) in [5, 5.41) is 80.5. The van der Waals surface area contributed by atoms with Crippen LogP contribution in [-0.2, 0) is 14.2 Å². The number of aliphatic hydroxyl groups excluding tert-OH is 5. The van der Waals surface area contributed by atoms with Crippen molar-refractivity contribution in [3.63, 3.8) is 0 Å². The van der Waals surface area contributed by atoms with Crippen LogP contribution in [-0.4, -0.2) is 115 Å². The summed E-state index contributed by atoms with van der Waals surface area (Å²) in [5.41, 5.74) is -2.19. The van der Waals surface area contributed by atoms with Crippen LogP contribution in [0.25, 0.3) is 0 Å². The van der Waals surface area contributed by atoms with Gasteiger partial charge in [0.25, 0.3) is 0 Å². The number of benzene rings is 1. The molecule has 13 nitrogen and oxygen atoms in total. The van der Waals surface area contributed by atoms with Gasteiger partial charge in [0, 0.05) is 18.1 Å². The molecule has 0 saturated carbocycles. The number of hydrogen-bond acceptors (Lipinski definition) is 13. The second kappa shape index (κ2) is 10.9. The summed E-state index contributed by atoms with van der Waals surface area (Å²) in [4.78, 5) is 12.8. The molecule has 2 aliphatic heterocycles. The third-order valence-corrected chi connectivity index (χ3v) is 6.29. The first-order chi connectivity index (χ1) is 16.4. The summed E-state index contributed by atoms with van der Waals surface area (Å²) in [6.45, 7) is 1.70. The molecule has 35 heavy (non-hydrogen) atoms. The molecule has 0 aliphatic carbocycles. The Hall–Kier alpha value is -2.07. The van der Waals surface area contributed by atoms with Gasteiger partial charge in [0.15, 0.2) is 12.1 Å². The molecule has 9 unspecified atom stereocenters. The molecule has 9 atom stereocenters. The topological polar surface area (TPSA) is 216 Å². The van der Waals surface area contributed by atoms with E-state index in [4.69, 9.17) is 18.9 Å². The van der Waals surface area contributed by atoms with Crippen LogP contribution in [0.1, 0.15) is 30.6 Å². The monoisotopic (exact) mass is 504 g/mol. The van der Waals surface area contributed by atoms with E-state index < -0.39 is 91.7 Å². The molecule has 2 saturated heterocycles. The number of aliphatic hydroxyl groups is 6. The van der Waals surface area contributed by atoms with E-state index in [2.05, 4.69) is 0 Å². The van der Waals surface area contributed by atoms with Crippen molar-refractivity contribution < 1.29 is 64.6 Å². The van der Waals surface area contributed by atoms with Gasteiger partial charge in [-0.1, -0.05) is 13.8 Å². The highest BCUT2D eigenvalue weighted by Gasteiger charge is 2.50. The first-order valence-corrected chi connectivity index (χ1v) is 11.1. The Morgan fingerprint density at radius 1 is 1.14 bits per heavy atom. The molecule has 3 rings (SSSR count). The van der Waals surface area contributed by atoms with Gasteiger partial charge in [-0.3, -0.25) is 4.79 Å². The lowest BCUT2D eigenvalue weighted by atomic mass is 9.95. The fraction of sp³-hybridized carbons (Fsp3) is 0.682. The molecule has 198 valence electrons. The zero-order chi connectivity index (χ0) is 26.1. The zero-order valence-corrected chi connectivity index (χ0v) is 19.2. The minimum Gasteiger partial charge on any atom is -0.508 e. The molecule has 2 heterocycles. The van der Waals surface area contributed by atoms with Crippen LogP contribution >= 0.6 is 0 Å². The van der Waals surface area contributed by atoms with Crippen LogP contribution in [0.3, 0.4) is 0 Å². The standard InChI is InChI=1S/C22H32O13/c1-3-9(2)15(26)14-11(25)4-10(24)5-12(14)34-20-18(29)17(28)16(27)13(35-20)6-32-21-19(30)22(31,7-23)8-33-21/h4-5,9,13,16-21,23-25,27-31H,3,6-8H2,1-2H3. The number of ketones is 1. The minimum atomic E-state index is -1.94. The van der Waals surface area contributed by atoms with Gasteiger partial charge in [-0.25, -0.2) is 0 Å². The predicted molar refractivity (Wildman–Crippen MR) is 115 cm³/mol. The summed E-state index contributed by atoms with van der Waals surface area (Å²) in [7, 11) is 0. The number of hydrogen-bond donors (Lipinski definition) is 8. The van der Waals surface area contributed by atoms with E-state index in [1.54, 1.807) is 13.8 Å². The number of phenols is 2. The normalized spacial score (nSPS) is 36.2. The van der Waals surface area contributed by atoms with Crippen molar-refractivity contribution in [1.82, 2.24) is 0 Å². The number of rotatable bonds is 9. The predicted octanol–water partition coefficient (Wildman–Crippen LogP) is -2.03. The lowest BCUT2D eigenvalue weighted by Gasteiger charge is -2.40. The molecular weight excluding hydrogens is 472 g/mol. The molecule has 1 aromatic rings. The average molecular weight is 504 g/mol. The fourth-order valence-electron chi connectivity index (χ4n) is 3.76. The Kier molecular flexibility index (Phi) is 8.57. The second-order valence-corrected chi connectivity index (χ2v) is 8.86. The van der Waals surface area contributed by atoms with E-state index >= 15 is 0 Å². The number of ether oxygens (including phenoxy) is 4. The van der Waals surface area contributed by atoms with E-state index in [1.807, 2.05) is 0 Å². The van der Waals surface area contributed by atoms with Crippen molar-refractivity contribution in [2.75, 3.05) is 19.8 Å². The number of carbonyl (C=O) groups is 1. The van der Waals surface area contributed by atoms with Crippen molar-refractivity contribution >= 4 is 5.78 Å². The van der Waals surface area contributed by atoms with E-state index in [1.165, 1.54) is 0 Å². The van der Waals surface area contributed by atoms with Gasteiger partial charge in [0.05, 0.1) is 19.8 Å². The highest BCUT2D eigenvalue weighted by Crippen LogP contribution is 2.37. The lowest BCUT2D eigenvalue weighted by Crippen LogP contribution is -2.60. The summed E-state index contributed by atoms with van der Waals surface area (Å²) >= 11 is 0. The van der Waals surface area contributed by atoms with Gasteiger partial charge in [-0.2, -0.15) is 0 Å². The zero-order valence-electron chi connectivity index (χ0n) is 19.2. The molecule has 13 heteroatoms. The number of aromatic hydroxyl groups is 2. The molecule has 8 N–H and O–H groups in total. The molecule has 2 fully saturated rings. The van der Waals surface area contributed by atoms with E-state index in [9.17, 15) is 45.6 Å². The Balaban J connectivity index is 1.78. The first-order valence-electron chi connectivity index (χ1n) is 11.1. The lowest BCUT2D eigenvalue weighted by molar-refractivity contribution is -0.289. The van der Waals surface area contributed by atoms with Crippen LogP contribution in [0, 0.1) is 5.92 Å². The van der Waals surface area contributed by atoms with Crippen molar-refractivity contribution in [2.24, 2.45) is 5.92 Å². The van der Waals surface area contributed by atoms with Crippen molar-refractivity contribution in [3.05, 3.63) is 17.7 Å². The molecule has 0 spiro atoms. The Labute approximate surface area is 200 Å². The van der Waals surface area contributed by atoms with E-state index in [-0.39, 0.29) is 11.3 Å². The molecule has 0 bridgehead atoms. The summed E-state index contributed by atoms with van der Waals surface area (Å²) in [6, 6.07) is 1.99. The van der Waals surface area contributed by atoms with E-state index in [0.29, 0.717) is 6.42 Å². The van der Waals surface area contributed by atoms with Gasteiger partial charge in [0.2, 0.25) is 6.29 Å². The van der Waals surface area contributed by atoms with Gasteiger partial charge in [-0.15, -0.1) is 0 Å². The van der Waals surface area contributed by atoms with Crippen LogP contribution in [0.5, 0.6) is 17.2 Å². The van der Waals surface area contributed by atoms with Crippen molar-refractivity contribution in [1.29, 1.82) is 0 Å². The number of phenolic OH excluding ortho intramolecular Hbond substituents is 2. The Morgan fingerprint density at radius 3 is 2.43 bits per heavy atom. The van der Waals surface area contributed by atoms with Gasteiger partial charge in [0.1, 0.15) is 58.9 Å². The van der Waals surface area contributed by atoms with Crippen LogP contribution in [0.4, 0.5) is 0 Å². The summed E-state index contributed by atoms with van der Waals surface area (Å²) < 4.78 is 21.6. The molecule has 1 aromatic carbocycles. The summed E-state index contributed by atoms with van der Waals surface area (Å²) in [5.74, 6) is -2.31. The maximum Gasteiger partial charge on any atom is 0.229 e. The largest absolute Gasteiger partial charge is 0.508 e. The molecule has 0 aromatic heterocycles. The number of carbonyl (C=O) groups excluding carboxylic acids is 1. The molecule has 0 amide bonds. The second-order valence-electron chi connectivity index (χ2n) is 8.86. The summed E-state index contributed by atoms with van der Waals surface area (Å²) in [6.07, 6.45) is -10.8. The maximum atomic E-state index is 12.8. The van der Waals surface area contributed by atoms with Crippen molar-refractivity contribution in [2.45, 2.75) is 69.0 Å². The number of Topliss-reactive ketones (excluding diaryl/α,β-unsaturated/α-hetero) is 1. The average Bonchev–Trinajstić information content (AvgIpc) is 3.11. The van der Waals surface area contributed by atoms with Crippen molar-refractivity contribution in [3.8, 4) is 17.2 Å². The van der Waals surface area contributed by atoms with Crippen LogP contribution in [0.2, 0.25) is 0 Å². The van der Waals surface area contributed by atoms with E-state index in [0.717, 1.165) is 12.1 Å². The minimum absolute atomic E-state index is 0.257. The third-order valence-electron chi connectivity index (χ3n) is 6.29. The quantitative estimate of drug-likeness (QED) is 0.170. The highest BCUT2D eigenvalue weighted by atomic mass is 16.7. The van der Waals surface area contributed by atoms with Crippen LogP contribution in [0.15, 0.2) is 12.1 Å². The molecular formula is C22H32O13. The Morgan fingerprint density at radius 2 is 1.83 bits per heavy atom. The highest BCUT2D eigenvalue weighted by molar-refractivity contribution is 6.02. The molecule has 0 radical (unpaired) electrons.